The Morgan fingerprint density at radius 2 is 2.00 bits per heavy atom. The molecular formula is C13H11Cl2FN2. The van der Waals surface area contributed by atoms with Gasteiger partial charge in [-0.3, -0.25) is 0 Å². The van der Waals surface area contributed by atoms with Gasteiger partial charge in [0.15, 0.2) is 0 Å². The molecule has 94 valence electrons. The third-order valence-corrected chi connectivity index (χ3v) is 3.04. The molecule has 1 aromatic heterocycles. The van der Waals surface area contributed by atoms with Crippen molar-refractivity contribution in [1.82, 2.24) is 4.98 Å². The van der Waals surface area contributed by atoms with Crippen molar-refractivity contribution >= 4 is 29.0 Å². The summed E-state index contributed by atoms with van der Waals surface area (Å²) in [5.41, 5.74) is 0.790. The smallest absolute Gasteiger partial charge is 0.142 e. The van der Waals surface area contributed by atoms with Gasteiger partial charge in [0.05, 0.1) is 11.1 Å². The Kier molecular flexibility index (Phi) is 4.04. The number of rotatable bonds is 3. The molecule has 0 saturated heterocycles. The fraction of sp³-hybridized carbons (Fsp3) is 0.154. The molecule has 0 aliphatic heterocycles. The van der Waals surface area contributed by atoms with Gasteiger partial charge in [-0.1, -0.05) is 35.3 Å². The molecular weight excluding hydrogens is 274 g/mol. The molecule has 1 aromatic carbocycles. The van der Waals surface area contributed by atoms with Gasteiger partial charge in [-0.25, -0.2) is 9.37 Å². The molecule has 0 aliphatic carbocycles. The van der Waals surface area contributed by atoms with Crippen LogP contribution in [0, 0.1) is 5.82 Å². The van der Waals surface area contributed by atoms with Crippen LogP contribution in [-0.4, -0.2) is 4.98 Å². The van der Waals surface area contributed by atoms with Crippen LogP contribution in [-0.2, 0) is 0 Å². The van der Waals surface area contributed by atoms with Gasteiger partial charge in [0.1, 0.15) is 16.8 Å². The quantitative estimate of drug-likeness (QED) is 0.827. The van der Waals surface area contributed by atoms with Crippen molar-refractivity contribution in [2.75, 3.05) is 5.32 Å². The van der Waals surface area contributed by atoms with Crippen LogP contribution in [0.25, 0.3) is 0 Å². The van der Waals surface area contributed by atoms with Crippen LogP contribution in [0.4, 0.5) is 10.2 Å². The standard InChI is InChI=1S/C13H11Cl2FN2/c1-8(9-5-6-10(14)11(16)7-9)17-13-4-2-3-12(15)18-13/h2-8H,1H3,(H,17,18). The lowest BCUT2D eigenvalue weighted by molar-refractivity contribution is 0.624. The van der Waals surface area contributed by atoms with Crippen LogP contribution < -0.4 is 5.32 Å². The monoisotopic (exact) mass is 284 g/mol. The number of nitrogens with one attached hydrogen (secondary N) is 1. The molecule has 18 heavy (non-hydrogen) atoms. The minimum atomic E-state index is -0.429. The normalized spacial score (nSPS) is 12.2. The summed E-state index contributed by atoms with van der Waals surface area (Å²) >= 11 is 11.4. The summed E-state index contributed by atoms with van der Waals surface area (Å²) in [5.74, 6) is 0.215. The van der Waals surface area contributed by atoms with E-state index in [0.29, 0.717) is 11.0 Å². The first-order valence-corrected chi connectivity index (χ1v) is 6.16. The van der Waals surface area contributed by atoms with Crippen molar-refractivity contribution in [3.05, 3.63) is 58.0 Å². The number of hydrogen-bond acceptors (Lipinski definition) is 2. The zero-order valence-electron chi connectivity index (χ0n) is 9.62. The van der Waals surface area contributed by atoms with Crippen LogP contribution in [0.2, 0.25) is 10.2 Å². The molecule has 2 nitrogen and oxygen atoms in total. The van der Waals surface area contributed by atoms with Crippen molar-refractivity contribution < 1.29 is 4.39 Å². The van der Waals surface area contributed by atoms with Gasteiger partial charge >= 0.3 is 0 Å². The van der Waals surface area contributed by atoms with Crippen LogP contribution in [0.15, 0.2) is 36.4 Å². The molecule has 0 saturated carbocycles. The van der Waals surface area contributed by atoms with E-state index in [9.17, 15) is 4.39 Å². The lowest BCUT2D eigenvalue weighted by Gasteiger charge is -2.15. The van der Waals surface area contributed by atoms with Crippen molar-refractivity contribution in [1.29, 1.82) is 0 Å². The highest BCUT2D eigenvalue weighted by Crippen LogP contribution is 2.23. The average molecular weight is 285 g/mol. The summed E-state index contributed by atoms with van der Waals surface area (Å²) in [4.78, 5) is 4.11. The molecule has 0 spiro atoms. The Morgan fingerprint density at radius 3 is 2.67 bits per heavy atom. The highest BCUT2D eigenvalue weighted by molar-refractivity contribution is 6.30. The molecule has 1 atom stereocenters. The summed E-state index contributed by atoms with van der Waals surface area (Å²) in [7, 11) is 0. The number of benzene rings is 1. The molecule has 1 N–H and O–H groups in total. The molecule has 1 unspecified atom stereocenters. The van der Waals surface area contributed by atoms with Gasteiger partial charge in [-0.15, -0.1) is 0 Å². The van der Waals surface area contributed by atoms with E-state index in [2.05, 4.69) is 10.3 Å². The molecule has 2 rings (SSSR count). The minimum Gasteiger partial charge on any atom is -0.364 e. The predicted octanol–water partition coefficient (Wildman–Crippen LogP) is 4.70. The number of halogens is 3. The first-order valence-electron chi connectivity index (χ1n) is 5.40. The third-order valence-electron chi connectivity index (χ3n) is 2.52. The highest BCUT2D eigenvalue weighted by atomic mass is 35.5. The van der Waals surface area contributed by atoms with E-state index in [-0.39, 0.29) is 11.1 Å². The van der Waals surface area contributed by atoms with Gasteiger partial charge < -0.3 is 5.32 Å². The topological polar surface area (TPSA) is 24.9 Å². The largest absolute Gasteiger partial charge is 0.364 e. The van der Waals surface area contributed by atoms with Crippen LogP contribution in [0.3, 0.4) is 0 Å². The van der Waals surface area contributed by atoms with Crippen molar-refractivity contribution in [2.24, 2.45) is 0 Å². The second-order valence-electron chi connectivity index (χ2n) is 3.89. The Morgan fingerprint density at radius 1 is 1.22 bits per heavy atom. The predicted molar refractivity (Wildman–Crippen MR) is 72.7 cm³/mol. The number of anilines is 1. The Balaban J connectivity index is 2.16. The summed E-state index contributed by atoms with van der Waals surface area (Å²) in [6.45, 7) is 1.91. The number of pyridine rings is 1. The van der Waals surface area contributed by atoms with E-state index in [4.69, 9.17) is 23.2 Å². The second kappa shape index (κ2) is 5.55. The summed E-state index contributed by atoms with van der Waals surface area (Å²) in [6, 6.07) is 9.91. The average Bonchev–Trinajstić information content (AvgIpc) is 2.32. The molecule has 0 amide bonds. The zero-order valence-corrected chi connectivity index (χ0v) is 11.1. The van der Waals surface area contributed by atoms with E-state index in [0.717, 1.165) is 5.56 Å². The van der Waals surface area contributed by atoms with Gasteiger partial charge in [-0.2, -0.15) is 0 Å². The Hall–Kier alpha value is -1.32. The van der Waals surface area contributed by atoms with Gasteiger partial charge in [-0.05, 0) is 36.8 Å². The van der Waals surface area contributed by atoms with E-state index < -0.39 is 5.82 Å². The lowest BCUT2D eigenvalue weighted by Crippen LogP contribution is -2.08. The first-order chi connectivity index (χ1) is 8.56. The summed E-state index contributed by atoms with van der Waals surface area (Å²) < 4.78 is 13.3. The zero-order chi connectivity index (χ0) is 13.1. The van der Waals surface area contributed by atoms with Gasteiger partial charge in [0, 0.05) is 0 Å². The first kappa shape index (κ1) is 13.1. The maximum Gasteiger partial charge on any atom is 0.142 e. The Labute approximate surface area is 115 Å². The van der Waals surface area contributed by atoms with E-state index in [1.807, 2.05) is 6.92 Å². The highest BCUT2D eigenvalue weighted by Gasteiger charge is 2.09. The molecule has 0 radical (unpaired) electrons. The van der Waals surface area contributed by atoms with Crippen molar-refractivity contribution in [2.45, 2.75) is 13.0 Å². The van der Waals surface area contributed by atoms with Crippen LogP contribution in [0.1, 0.15) is 18.5 Å². The number of aromatic nitrogens is 1. The molecule has 0 fully saturated rings. The second-order valence-corrected chi connectivity index (χ2v) is 4.68. The Bertz CT molecular complexity index is 560. The fourth-order valence-corrected chi connectivity index (χ4v) is 1.86. The van der Waals surface area contributed by atoms with Crippen LogP contribution in [0.5, 0.6) is 0 Å². The third kappa shape index (κ3) is 3.12. The maximum atomic E-state index is 13.3. The molecule has 1 heterocycles. The minimum absolute atomic E-state index is 0.0947. The molecule has 2 aromatic rings. The van der Waals surface area contributed by atoms with Gasteiger partial charge in [0.25, 0.3) is 0 Å². The summed E-state index contributed by atoms with van der Waals surface area (Å²) in [6.07, 6.45) is 0. The number of nitrogens with zero attached hydrogens (tertiary/aromatic N) is 1. The number of hydrogen-bond donors (Lipinski definition) is 1. The maximum absolute atomic E-state index is 13.3. The summed E-state index contributed by atoms with van der Waals surface area (Å²) in [5, 5.41) is 3.67. The SMILES string of the molecule is CC(Nc1cccc(Cl)n1)c1ccc(Cl)c(F)c1. The van der Waals surface area contributed by atoms with Crippen molar-refractivity contribution in [3.63, 3.8) is 0 Å². The fourth-order valence-electron chi connectivity index (χ4n) is 1.58. The lowest BCUT2D eigenvalue weighted by atomic mass is 10.1. The van der Waals surface area contributed by atoms with Crippen molar-refractivity contribution in [3.8, 4) is 0 Å². The molecule has 0 bridgehead atoms. The van der Waals surface area contributed by atoms with Crippen LogP contribution >= 0.6 is 23.2 Å². The van der Waals surface area contributed by atoms with Gasteiger partial charge in [0.2, 0.25) is 0 Å². The van der Waals surface area contributed by atoms with E-state index >= 15 is 0 Å². The molecule has 0 aliphatic rings. The molecule has 5 heteroatoms. The van der Waals surface area contributed by atoms with E-state index in [1.165, 1.54) is 12.1 Å². The van der Waals surface area contributed by atoms with E-state index in [1.54, 1.807) is 24.3 Å².